The zero-order valence-corrected chi connectivity index (χ0v) is 13.3. The smallest absolute Gasteiger partial charge is 0.330 e. The van der Waals surface area contributed by atoms with Crippen LogP contribution >= 0.6 is 0 Å². The number of aromatic nitrogens is 2. The van der Waals surface area contributed by atoms with Gasteiger partial charge in [-0.3, -0.25) is 13.9 Å². The van der Waals surface area contributed by atoms with Gasteiger partial charge in [0.25, 0.3) is 5.56 Å². The average molecular weight is 327 g/mol. The first kappa shape index (κ1) is 16.4. The monoisotopic (exact) mass is 327 g/mol. The molecule has 0 unspecified atom stereocenters. The number of rotatable bonds is 5. The molecular weight excluding hydrogens is 310 g/mol. The summed E-state index contributed by atoms with van der Waals surface area (Å²) in [6.07, 6.45) is 0. The molecule has 0 atom stereocenters. The minimum atomic E-state index is -3.74. The Morgan fingerprint density at radius 3 is 2.50 bits per heavy atom. The minimum absolute atomic E-state index is 0.0353. The minimum Gasteiger partial charge on any atom is -0.383 e. The number of fused-ring (bicyclic) bond motifs is 1. The molecule has 0 radical (unpaired) electrons. The van der Waals surface area contributed by atoms with Crippen LogP contribution in [0.2, 0.25) is 0 Å². The molecule has 2 rings (SSSR count). The first-order chi connectivity index (χ1) is 10.3. The van der Waals surface area contributed by atoms with Gasteiger partial charge in [-0.15, -0.1) is 0 Å². The second-order valence-corrected chi connectivity index (χ2v) is 6.54. The number of methoxy groups -OCH3 is 1. The lowest BCUT2D eigenvalue weighted by atomic mass is 10.2. The number of benzene rings is 1. The number of hydrogen-bond acceptors (Lipinski definition) is 5. The maximum absolute atomic E-state index is 12.2. The fourth-order valence-corrected chi connectivity index (χ4v) is 3.14. The van der Waals surface area contributed by atoms with Gasteiger partial charge in [0.05, 0.1) is 22.4 Å². The zero-order valence-electron chi connectivity index (χ0n) is 12.5. The van der Waals surface area contributed by atoms with Crippen LogP contribution in [0.5, 0.6) is 0 Å². The maximum Gasteiger partial charge on any atom is 0.330 e. The van der Waals surface area contributed by atoms with E-state index in [0.29, 0.717) is 5.52 Å². The Bertz CT molecular complexity index is 927. The molecule has 0 fully saturated rings. The van der Waals surface area contributed by atoms with E-state index >= 15 is 0 Å². The number of sulfonamides is 1. The van der Waals surface area contributed by atoms with E-state index in [1.165, 1.54) is 44.0 Å². The fraction of sp³-hybridized carbons (Fsp3) is 0.385. The van der Waals surface area contributed by atoms with Crippen molar-refractivity contribution in [2.24, 2.45) is 14.1 Å². The van der Waals surface area contributed by atoms with Crippen LogP contribution in [0.15, 0.2) is 32.7 Å². The third kappa shape index (κ3) is 2.82. The van der Waals surface area contributed by atoms with Crippen molar-refractivity contribution in [3.05, 3.63) is 39.0 Å². The lowest BCUT2D eigenvalue weighted by Gasteiger charge is -2.10. The van der Waals surface area contributed by atoms with E-state index in [9.17, 15) is 18.0 Å². The first-order valence-electron chi connectivity index (χ1n) is 6.48. The van der Waals surface area contributed by atoms with Gasteiger partial charge >= 0.3 is 5.69 Å². The molecule has 22 heavy (non-hydrogen) atoms. The predicted molar refractivity (Wildman–Crippen MR) is 81.5 cm³/mol. The largest absolute Gasteiger partial charge is 0.383 e. The summed E-state index contributed by atoms with van der Waals surface area (Å²) in [6, 6.07) is 4.08. The van der Waals surface area contributed by atoms with Gasteiger partial charge in [-0.2, -0.15) is 0 Å². The molecule has 0 bridgehead atoms. The molecule has 0 aliphatic carbocycles. The van der Waals surface area contributed by atoms with Crippen LogP contribution in [0.1, 0.15) is 0 Å². The third-order valence-electron chi connectivity index (χ3n) is 3.35. The highest BCUT2D eigenvalue weighted by molar-refractivity contribution is 7.89. The summed E-state index contributed by atoms with van der Waals surface area (Å²) >= 11 is 0. The fourth-order valence-electron chi connectivity index (χ4n) is 2.10. The Balaban J connectivity index is 2.61. The van der Waals surface area contributed by atoms with Gasteiger partial charge in [0, 0.05) is 27.7 Å². The summed E-state index contributed by atoms with van der Waals surface area (Å²) in [7, 11) is 0.597. The van der Waals surface area contributed by atoms with E-state index in [1.54, 1.807) is 0 Å². The molecule has 9 heteroatoms. The highest BCUT2D eigenvalue weighted by Crippen LogP contribution is 2.15. The molecule has 0 saturated carbocycles. The first-order valence-corrected chi connectivity index (χ1v) is 7.96. The predicted octanol–water partition coefficient (Wildman–Crippen LogP) is -0.838. The standard InChI is InChI=1S/C13H17N3O5S/c1-15-11-5-4-9(22(19,20)14-6-7-21-3)8-10(11)12(17)16(2)13(15)18/h4-5,8,14H,6-7H2,1-3H3. The lowest BCUT2D eigenvalue weighted by molar-refractivity contribution is 0.204. The molecule has 0 saturated heterocycles. The molecule has 0 aliphatic rings. The number of ether oxygens (including phenoxy) is 1. The molecule has 1 heterocycles. The van der Waals surface area contributed by atoms with Crippen molar-refractivity contribution in [2.45, 2.75) is 4.90 Å². The van der Waals surface area contributed by atoms with Gasteiger partial charge in [-0.1, -0.05) is 0 Å². The molecule has 2 aromatic rings. The van der Waals surface area contributed by atoms with Crippen molar-refractivity contribution in [1.82, 2.24) is 13.9 Å². The summed E-state index contributed by atoms with van der Waals surface area (Å²) in [4.78, 5) is 24.0. The molecule has 1 aromatic carbocycles. The maximum atomic E-state index is 12.2. The van der Waals surface area contributed by atoms with E-state index < -0.39 is 21.3 Å². The van der Waals surface area contributed by atoms with Crippen molar-refractivity contribution in [3.63, 3.8) is 0 Å². The summed E-state index contributed by atoms with van der Waals surface area (Å²) < 4.78 is 33.7. The van der Waals surface area contributed by atoms with Gasteiger partial charge in [-0.05, 0) is 18.2 Å². The van der Waals surface area contributed by atoms with Crippen LogP contribution in [0.3, 0.4) is 0 Å². The van der Waals surface area contributed by atoms with E-state index in [0.717, 1.165) is 4.57 Å². The molecule has 1 aromatic heterocycles. The molecule has 0 spiro atoms. The van der Waals surface area contributed by atoms with E-state index in [2.05, 4.69) is 4.72 Å². The zero-order chi connectivity index (χ0) is 16.5. The van der Waals surface area contributed by atoms with Crippen LogP contribution in [0.25, 0.3) is 10.9 Å². The average Bonchev–Trinajstić information content (AvgIpc) is 2.50. The SMILES string of the molecule is COCCNS(=O)(=O)c1ccc2c(c1)c(=O)n(C)c(=O)n2C. The van der Waals surface area contributed by atoms with E-state index in [1.807, 2.05) is 0 Å². The van der Waals surface area contributed by atoms with Crippen molar-refractivity contribution in [2.75, 3.05) is 20.3 Å². The molecule has 0 aliphatic heterocycles. The summed E-state index contributed by atoms with van der Waals surface area (Å²) in [5.74, 6) is 0. The Morgan fingerprint density at radius 1 is 1.18 bits per heavy atom. The molecule has 120 valence electrons. The quantitative estimate of drug-likeness (QED) is 0.722. The third-order valence-corrected chi connectivity index (χ3v) is 4.81. The molecule has 8 nitrogen and oxygen atoms in total. The number of nitrogens with zero attached hydrogens (tertiary/aromatic N) is 2. The van der Waals surface area contributed by atoms with Crippen LogP contribution < -0.4 is 16.0 Å². The Labute approximate surface area is 127 Å². The molecule has 0 amide bonds. The van der Waals surface area contributed by atoms with E-state index in [-0.39, 0.29) is 23.4 Å². The van der Waals surface area contributed by atoms with Gasteiger partial charge < -0.3 is 4.74 Å². The van der Waals surface area contributed by atoms with Gasteiger partial charge in [0.1, 0.15) is 0 Å². The van der Waals surface area contributed by atoms with Crippen LogP contribution in [-0.2, 0) is 28.9 Å². The van der Waals surface area contributed by atoms with Crippen molar-refractivity contribution >= 4 is 20.9 Å². The topological polar surface area (TPSA) is 99.4 Å². The van der Waals surface area contributed by atoms with Crippen LogP contribution in [0, 0.1) is 0 Å². The van der Waals surface area contributed by atoms with Crippen LogP contribution in [0.4, 0.5) is 0 Å². The van der Waals surface area contributed by atoms with Crippen LogP contribution in [-0.4, -0.2) is 37.8 Å². The normalized spacial score (nSPS) is 12.0. The van der Waals surface area contributed by atoms with E-state index in [4.69, 9.17) is 4.74 Å². The van der Waals surface area contributed by atoms with Gasteiger partial charge in [-0.25, -0.2) is 17.9 Å². The van der Waals surface area contributed by atoms with Crippen molar-refractivity contribution < 1.29 is 13.2 Å². The van der Waals surface area contributed by atoms with Crippen molar-refractivity contribution in [1.29, 1.82) is 0 Å². The Morgan fingerprint density at radius 2 is 1.86 bits per heavy atom. The van der Waals surface area contributed by atoms with Gasteiger partial charge in [0.2, 0.25) is 10.0 Å². The van der Waals surface area contributed by atoms with Crippen molar-refractivity contribution in [3.8, 4) is 0 Å². The number of aryl methyl sites for hydroxylation is 1. The summed E-state index contributed by atoms with van der Waals surface area (Å²) in [5.41, 5.74) is -0.623. The number of hydrogen-bond donors (Lipinski definition) is 1. The second-order valence-electron chi connectivity index (χ2n) is 4.78. The van der Waals surface area contributed by atoms with Gasteiger partial charge in [0.15, 0.2) is 0 Å². The summed E-state index contributed by atoms with van der Waals surface area (Å²) in [6.45, 7) is 0.366. The molecule has 1 N–H and O–H groups in total. The number of nitrogens with one attached hydrogen (secondary N) is 1. The Kier molecular flexibility index (Phi) is 4.50. The summed E-state index contributed by atoms with van der Waals surface area (Å²) in [5, 5.41) is 0.166. The Hall–Kier alpha value is -1.97. The highest BCUT2D eigenvalue weighted by Gasteiger charge is 2.16. The second kappa shape index (κ2) is 6.03. The highest BCUT2D eigenvalue weighted by atomic mass is 32.2. The molecular formula is C13H17N3O5S. The lowest BCUT2D eigenvalue weighted by Crippen LogP contribution is -2.37.